The maximum atomic E-state index is 12.7. The van der Waals surface area contributed by atoms with Gasteiger partial charge in [0, 0.05) is 29.4 Å². The molecule has 14 nitrogen and oxygen atoms in total. The van der Waals surface area contributed by atoms with Gasteiger partial charge in [0.1, 0.15) is 18.1 Å². The first-order chi connectivity index (χ1) is 18.1. The number of amides is 3. The molecule has 0 spiro atoms. The van der Waals surface area contributed by atoms with E-state index in [2.05, 4.69) is 38.6 Å². The van der Waals surface area contributed by atoms with Gasteiger partial charge in [-0.1, -0.05) is 18.2 Å². The fourth-order valence-electron chi connectivity index (χ4n) is 3.60. The lowest BCUT2D eigenvalue weighted by Gasteiger charge is -2.23. The molecule has 2 rings (SSSR count). The van der Waals surface area contributed by atoms with Crippen molar-refractivity contribution in [2.45, 2.75) is 43.4 Å². The lowest BCUT2D eigenvalue weighted by molar-refractivity contribution is -0.142. The highest BCUT2D eigenvalue weighted by Gasteiger charge is 2.29. The minimum absolute atomic E-state index is 0.00753. The van der Waals surface area contributed by atoms with Crippen LogP contribution < -0.4 is 33.2 Å². The third-order valence-electron chi connectivity index (χ3n) is 5.64. The third-order valence-corrected chi connectivity index (χ3v) is 6.01. The van der Waals surface area contributed by atoms with Crippen LogP contribution in [-0.2, 0) is 25.6 Å². The van der Waals surface area contributed by atoms with Gasteiger partial charge >= 0.3 is 5.97 Å². The van der Waals surface area contributed by atoms with Crippen molar-refractivity contribution in [3.63, 3.8) is 0 Å². The van der Waals surface area contributed by atoms with Crippen molar-refractivity contribution in [2.24, 2.45) is 22.2 Å². The zero-order valence-electron chi connectivity index (χ0n) is 20.6. The zero-order chi connectivity index (χ0) is 28.2. The zero-order valence-corrected chi connectivity index (χ0v) is 21.5. The Bertz CT molecular complexity index is 1150. The van der Waals surface area contributed by atoms with Crippen molar-refractivity contribution >= 4 is 53.2 Å². The number of aromatic nitrogens is 1. The number of guanidine groups is 1. The number of carbonyl (C=O) groups is 4. The average molecular weight is 551 g/mol. The number of fused-ring (bicyclic) bond motifs is 1. The topological polar surface area (TPSA) is 251 Å². The van der Waals surface area contributed by atoms with E-state index in [-0.39, 0.29) is 37.5 Å². The number of rotatable bonds is 15. The predicted octanol–water partition coefficient (Wildman–Crippen LogP) is -2.45. The third kappa shape index (κ3) is 8.93. The summed E-state index contributed by atoms with van der Waals surface area (Å²) in [6.07, 6.45) is 2.24. The van der Waals surface area contributed by atoms with Crippen molar-refractivity contribution in [3.8, 4) is 0 Å². The summed E-state index contributed by atoms with van der Waals surface area (Å²) in [5, 5.41) is 27.0. The van der Waals surface area contributed by atoms with E-state index in [1.807, 2.05) is 24.3 Å². The Balaban J connectivity index is 1.94. The monoisotopic (exact) mass is 550 g/mol. The van der Waals surface area contributed by atoms with Crippen LogP contribution in [0.1, 0.15) is 18.4 Å². The molecular weight excluding hydrogens is 516 g/mol. The normalized spacial score (nSPS) is 14.1. The number of hydrogen-bond donors (Lipinski definition) is 10. The van der Waals surface area contributed by atoms with E-state index in [4.69, 9.17) is 17.2 Å². The number of carboxylic acids is 1. The van der Waals surface area contributed by atoms with Crippen LogP contribution >= 0.6 is 12.6 Å². The molecule has 0 aliphatic heterocycles. The Morgan fingerprint density at radius 3 is 2.26 bits per heavy atom. The van der Waals surface area contributed by atoms with Crippen LogP contribution in [0.2, 0.25) is 0 Å². The molecule has 208 valence electrons. The van der Waals surface area contributed by atoms with E-state index in [0.717, 1.165) is 16.5 Å². The van der Waals surface area contributed by atoms with Gasteiger partial charge in [0.05, 0.1) is 12.6 Å². The van der Waals surface area contributed by atoms with Gasteiger partial charge in [-0.15, -0.1) is 0 Å². The quantitative estimate of drug-likeness (QED) is 0.0488. The number of carboxylic acid groups (broad SMARTS) is 1. The first-order valence-corrected chi connectivity index (χ1v) is 12.4. The van der Waals surface area contributed by atoms with Gasteiger partial charge < -0.3 is 48.3 Å². The summed E-state index contributed by atoms with van der Waals surface area (Å²) in [7, 11) is 0. The van der Waals surface area contributed by atoms with Crippen LogP contribution in [0.25, 0.3) is 10.9 Å². The predicted molar refractivity (Wildman–Crippen MR) is 144 cm³/mol. The van der Waals surface area contributed by atoms with Crippen LogP contribution in [-0.4, -0.2) is 87.9 Å². The Morgan fingerprint density at radius 2 is 1.63 bits per heavy atom. The van der Waals surface area contributed by atoms with Crippen molar-refractivity contribution in [1.82, 2.24) is 20.9 Å². The Hall–Kier alpha value is -3.82. The highest BCUT2D eigenvalue weighted by Crippen LogP contribution is 2.18. The number of carbonyl (C=O) groups excluding carboxylic acids is 3. The number of thiol groups is 1. The number of nitrogens with two attached hydrogens (primary N) is 3. The van der Waals surface area contributed by atoms with E-state index >= 15 is 0 Å². The number of nitrogens with zero attached hydrogens (tertiary/aromatic N) is 1. The van der Waals surface area contributed by atoms with Crippen molar-refractivity contribution in [2.75, 3.05) is 18.9 Å². The number of hydrogen-bond acceptors (Lipinski definition) is 8. The molecular formula is C23H34N8O6S. The van der Waals surface area contributed by atoms with Gasteiger partial charge in [-0.3, -0.25) is 19.4 Å². The average Bonchev–Trinajstić information content (AvgIpc) is 3.29. The van der Waals surface area contributed by atoms with Crippen molar-refractivity contribution < 1.29 is 29.4 Å². The highest BCUT2D eigenvalue weighted by atomic mass is 32.1. The largest absolute Gasteiger partial charge is 0.480 e. The molecule has 0 aliphatic carbocycles. The number of H-pyrrole nitrogens is 1. The number of para-hydroxylation sites is 1. The van der Waals surface area contributed by atoms with Crippen LogP contribution in [0.15, 0.2) is 35.5 Å². The van der Waals surface area contributed by atoms with Gasteiger partial charge in [-0.05, 0) is 30.9 Å². The minimum atomic E-state index is -1.47. The SMILES string of the molecule is NC(N)=NCCCC(NC(=O)C(CO)NC(=O)C(CS)NC(=O)C(N)Cc1c[nH]c2ccccc12)C(=O)O. The molecule has 4 unspecified atom stereocenters. The van der Waals surface area contributed by atoms with E-state index in [1.54, 1.807) is 6.20 Å². The number of aromatic amines is 1. The van der Waals surface area contributed by atoms with Crippen LogP contribution in [0.3, 0.4) is 0 Å². The molecule has 1 heterocycles. The van der Waals surface area contributed by atoms with Gasteiger partial charge in [0.25, 0.3) is 0 Å². The van der Waals surface area contributed by atoms with Crippen molar-refractivity contribution in [1.29, 1.82) is 0 Å². The molecule has 3 amide bonds. The number of aliphatic hydroxyl groups is 1. The fraction of sp³-hybridized carbons (Fsp3) is 0.435. The Labute approximate surface area is 224 Å². The second kappa shape index (κ2) is 14.8. The Kier molecular flexibility index (Phi) is 11.8. The van der Waals surface area contributed by atoms with E-state index < -0.39 is 54.5 Å². The molecule has 38 heavy (non-hydrogen) atoms. The van der Waals surface area contributed by atoms with Gasteiger partial charge in [-0.25, -0.2) is 4.79 Å². The molecule has 0 bridgehead atoms. The fourth-order valence-corrected chi connectivity index (χ4v) is 3.86. The standard InChI is InChI=1S/C23H34N8O6S/c24-14(8-12-9-28-15-5-2-1-4-13(12)15)19(33)31-18(11-38)21(35)30-17(10-32)20(34)29-16(22(36)37)6-3-7-27-23(25)26/h1-2,4-5,9,14,16-18,28,32,38H,3,6-8,10-11,24H2,(H,29,34)(H,30,35)(H,31,33)(H,36,37)(H4,25,26,27). The van der Waals surface area contributed by atoms with Gasteiger partial charge in [-0.2, -0.15) is 12.6 Å². The van der Waals surface area contributed by atoms with Gasteiger partial charge in [0.2, 0.25) is 17.7 Å². The summed E-state index contributed by atoms with van der Waals surface area (Å²) in [5.41, 5.74) is 18.2. The second-order valence-corrected chi connectivity index (χ2v) is 8.87. The van der Waals surface area contributed by atoms with Crippen LogP contribution in [0, 0.1) is 0 Å². The summed E-state index contributed by atoms with van der Waals surface area (Å²) in [5.74, 6) is -3.91. The van der Waals surface area contributed by atoms with E-state index in [1.165, 1.54) is 0 Å². The Morgan fingerprint density at radius 1 is 1.00 bits per heavy atom. The summed E-state index contributed by atoms with van der Waals surface area (Å²) < 4.78 is 0. The van der Waals surface area contributed by atoms with E-state index in [0.29, 0.717) is 0 Å². The molecule has 15 heteroatoms. The van der Waals surface area contributed by atoms with Gasteiger partial charge in [0.15, 0.2) is 5.96 Å². The number of nitrogens with one attached hydrogen (secondary N) is 4. The summed E-state index contributed by atoms with van der Waals surface area (Å²) in [6.45, 7) is -0.654. The molecule has 1 aromatic carbocycles. The molecule has 2 aromatic rings. The van der Waals surface area contributed by atoms with E-state index in [9.17, 15) is 29.4 Å². The summed E-state index contributed by atoms with van der Waals surface area (Å²) in [6, 6.07) is 2.62. The molecule has 0 aliphatic rings. The molecule has 0 radical (unpaired) electrons. The molecule has 0 fully saturated rings. The maximum absolute atomic E-state index is 12.7. The number of benzene rings is 1. The lowest BCUT2D eigenvalue weighted by Crippen LogP contribution is -2.58. The maximum Gasteiger partial charge on any atom is 0.326 e. The van der Waals surface area contributed by atoms with Crippen molar-refractivity contribution in [3.05, 3.63) is 36.0 Å². The minimum Gasteiger partial charge on any atom is -0.480 e. The first kappa shape index (κ1) is 30.4. The molecule has 1 aromatic heterocycles. The molecule has 12 N–H and O–H groups in total. The summed E-state index contributed by atoms with van der Waals surface area (Å²) >= 11 is 4.09. The number of aliphatic carboxylic acids is 1. The first-order valence-electron chi connectivity index (χ1n) is 11.8. The van der Waals surface area contributed by atoms with Crippen LogP contribution in [0.4, 0.5) is 0 Å². The molecule has 4 atom stereocenters. The lowest BCUT2D eigenvalue weighted by atomic mass is 10.0. The molecule has 0 saturated carbocycles. The number of aliphatic imine (C=N–C) groups is 1. The summed E-state index contributed by atoms with van der Waals surface area (Å²) in [4.78, 5) is 56.3. The number of aliphatic hydroxyl groups excluding tert-OH is 1. The second-order valence-electron chi connectivity index (χ2n) is 8.51. The van der Waals surface area contributed by atoms with Crippen LogP contribution in [0.5, 0.6) is 0 Å². The smallest absolute Gasteiger partial charge is 0.326 e. The molecule has 0 saturated heterocycles. The highest BCUT2D eigenvalue weighted by molar-refractivity contribution is 7.80.